The largest absolute Gasteiger partial charge is 0.493 e. The van der Waals surface area contributed by atoms with E-state index in [1.165, 1.54) is 33.1 Å². The van der Waals surface area contributed by atoms with Crippen LogP contribution >= 0.6 is 15.9 Å². The van der Waals surface area contributed by atoms with E-state index in [0.717, 1.165) is 22.0 Å². The van der Waals surface area contributed by atoms with Crippen LogP contribution in [0.5, 0.6) is 11.5 Å². The molecule has 38 heavy (non-hydrogen) atoms. The number of cyclic esters (lactones) is 2. The number of aromatic amines is 1. The maximum absolute atomic E-state index is 13.3. The van der Waals surface area contributed by atoms with Crippen LogP contribution in [0.3, 0.4) is 0 Å². The smallest absolute Gasteiger partial charge is 0.324 e. The Morgan fingerprint density at radius 1 is 1.00 bits per heavy atom. The van der Waals surface area contributed by atoms with Gasteiger partial charge in [0.2, 0.25) is 0 Å². The Kier molecular flexibility index (Phi) is 6.88. The van der Waals surface area contributed by atoms with Gasteiger partial charge in [0.25, 0.3) is 5.79 Å². The molecule has 1 aliphatic heterocycles. The van der Waals surface area contributed by atoms with Crippen molar-refractivity contribution in [1.29, 1.82) is 0 Å². The molecule has 4 aromatic rings. The molecule has 0 bridgehead atoms. The molecule has 2 heterocycles. The molecule has 5 rings (SSSR count). The zero-order chi connectivity index (χ0) is 27.0. The van der Waals surface area contributed by atoms with Crippen molar-refractivity contribution in [1.82, 2.24) is 4.98 Å². The first-order chi connectivity index (χ1) is 18.2. The van der Waals surface area contributed by atoms with Crippen LogP contribution in [0.15, 0.2) is 71.3 Å². The van der Waals surface area contributed by atoms with Gasteiger partial charge in [0.15, 0.2) is 17.4 Å². The number of benzene rings is 3. The third kappa shape index (κ3) is 4.98. The fourth-order valence-electron chi connectivity index (χ4n) is 4.68. The molecule has 1 saturated heterocycles. The summed E-state index contributed by atoms with van der Waals surface area (Å²) in [5.74, 6) is -4.24. The van der Waals surface area contributed by atoms with Crippen molar-refractivity contribution in [2.45, 2.75) is 32.2 Å². The van der Waals surface area contributed by atoms with E-state index in [2.05, 4.69) is 20.9 Å². The standard InChI is InChI=1S/C29H25BrFNO6/c1-29(2)37-27(33)26(28(34)38-29)25(20-14-32-22-7-5-4-6-18(20)22)19-12-23(35-3)24(13-21(19)30)36-15-16-8-10-17(31)11-9-16/h4-14,25-26,32H,15H2,1-3H3/t25-/m1/s1. The van der Waals surface area contributed by atoms with Gasteiger partial charge < -0.3 is 23.9 Å². The second-order valence-corrected chi connectivity index (χ2v) is 10.3. The molecule has 1 fully saturated rings. The van der Waals surface area contributed by atoms with Gasteiger partial charge >= 0.3 is 11.9 Å². The number of ether oxygens (including phenoxy) is 4. The van der Waals surface area contributed by atoms with E-state index in [-0.39, 0.29) is 12.4 Å². The summed E-state index contributed by atoms with van der Waals surface area (Å²) < 4.78 is 36.5. The quantitative estimate of drug-likeness (QED) is 0.205. The number of carbonyl (C=O) groups is 2. The van der Waals surface area contributed by atoms with Crippen LogP contribution in [0.2, 0.25) is 0 Å². The van der Waals surface area contributed by atoms with Crippen LogP contribution in [0, 0.1) is 11.7 Å². The number of rotatable bonds is 7. The Morgan fingerprint density at radius 3 is 2.37 bits per heavy atom. The zero-order valence-electron chi connectivity index (χ0n) is 20.9. The average molecular weight is 582 g/mol. The summed E-state index contributed by atoms with van der Waals surface area (Å²) in [7, 11) is 1.50. The van der Waals surface area contributed by atoms with Gasteiger partial charge in [-0.1, -0.05) is 46.3 Å². The van der Waals surface area contributed by atoms with Crippen molar-refractivity contribution < 1.29 is 32.9 Å². The minimum Gasteiger partial charge on any atom is -0.493 e. The van der Waals surface area contributed by atoms with E-state index in [1.54, 1.807) is 30.5 Å². The highest BCUT2D eigenvalue weighted by atomic mass is 79.9. The maximum atomic E-state index is 13.3. The number of H-pyrrole nitrogens is 1. The molecule has 0 amide bonds. The molecule has 1 atom stereocenters. The lowest BCUT2D eigenvalue weighted by Crippen LogP contribution is -2.48. The lowest BCUT2D eigenvalue weighted by atomic mass is 9.79. The van der Waals surface area contributed by atoms with Crippen LogP contribution < -0.4 is 9.47 Å². The molecule has 0 spiro atoms. The summed E-state index contributed by atoms with van der Waals surface area (Å²) in [5, 5.41) is 0.852. The van der Waals surface area contributed by atoms with E-state index in [0.29, 0.717) is 21.5 Å². The first-order valence-electron chi connectivity index (χ1n) is 11.9. The molecular formula is C29H25BrFNO6. The molecule has 1 aliphatic rings. The number of halogens is 2. The van der Waals surface area contributed by atoms with Gasteiger partial charge in [-0.05, 0) is 47.0 Å². The van der Waals surface area contributed by atoms with Crippen LogP contribution in [0.25, 0.3) is 10.9 Å². The van der Waals surface area contributed by atoms with Crippen LogP contribution in [0.4, 0.5) is 4.39 Å². The Bertz CT molecular complexity index is 1490. The first-order valence-corrected chi connectivity index (χ1v) is 12.7. The van der Waals surface area contributed by atoms with Crippen LogP contribution in [0.1, 0.15) is 36.5 Å². The Morgan fingerprint density at radius 2 is 1.68 bits per heavy atom. The summed E-state index contributed by atoms with van der Waals surface area (Å²) in [6.07, 6.45) is 1.79. The first kappa shape index (κ1) is 25.8. The molecule has 0 aliphatic carbocycles. The topological polar surface area (TPSA) is 86.9 Å². The predicted molar refractivity (Wildman–Crippen MR) is 141 cm³/mol. The summed E-state index contributed by atoms with van der Waals surface area (Å²) in [6, 6.07) is 17.1. The van der Waals surface area contributed by atoms with E-state index >= 15 is 0 Å². The molecule has 3 aromatic carbocycles. The SMILES string of the molecule is COc1cc([C@H](c2c[nH]c3ccccc23)C2C(=O)OC(C)(C)OC2=O)c(Br)cc1OCc1ccc(F)cc1. The van der Waals surface area contributed by atoms with Crippen molar-refractivity contribution in [3.05, 3.63) is 93.8 Å². The van der Waals surface area contributed by atoms with Crippen LogP contribution in [-0.2, 0) is 25.7 Å². The minimum absolute atomic E-state index is 0.185. The number of nitrogens with one attached hydrogen (secondary N) is 1. The van der Waals surface area contributed by atoms with E-state index in [1.807, 2.05) is 24.3 Å². The summed E-state index contributed by atoms with van der Waals surface area (Å²) >= 11 is 3.63. The van der Waals surface area contributed by atoms with Crippen molar-refractivity contribution in [3.63, 3.8) is 0 Å². The average Bonchev–Trinajstić information content (AvgIpc) is 3.29. The fraction of sp³-hybridized carbons (Fsp3) is 0.241. The predicted octanol–water partition coefficient (Wildman–Crippen LogP) is 6.24. The van der Waals surface area contributed by atoms with Gasteiger partial charge in [-0.2, -0.15) is 0 Å². The number of para-hydroxylation sites is 1. The van der Waals surface area contributed by atoms with Crippen molar-refractivity contribution >= 4 is 38.8 Å². The van der Waals surface area contributed by atoms with E-state index < -0.39 is 29.6 Å². The number of hydrogen-bond donors (Lipinski definition) is 1. The van der Waals surface area contributed by atoms with Crippen molar-refractivity contribution in [3.8, 4) is 11.5 Å². The zero-order valence-corrected chi connectivity index (χ0v) is 22.5. The third-order valence-corrected chi connectivity index (χ3v) is 7.10. The van der Waals surface area contributed by atoms with Crippen molar-refractivity contribution in [2.24, 2.45) is 5.92 Å². The molecule has 1 aromatic heterocycles. The molecule has 196 valence electrons. The Hall–Kier alpha value is -3.85. The van der Waals surface area contributed by atoms with Gasteiger partial charge in [0, 0.05) is 41.3 Å². The van der Waals surface area contributed by atoms with Gasteiger partial charge in [-0.3, -0.25) is 9.59 Å². The number of methoxy groups -OCH3 is 1. The van der Waals surface area contributed by atoms with Gasteiger partial charge in [-0.15, -0.1) is 0 Å². The Balaban J connectivity index is 1.59. The number of aromatic nitrogens is 1. The van der Waals surface area contributed by atoms with Gasteiger partial charge in [0.05, 0.1) is 7.11 Å². The van der Waals surface area contributed by atoms with Crippen molar-refractivity contribution in [2.75, 3.05) is 7.11 Å². The molecule has 0 radical (unpaired) electrons. The molecule has 9 heteroatoms. The summed E-state index contributed by atoms with van der Waals surface area (Å²) in [6.45, 7) is 3.22. The molecule has 0 unspecified atom stereocenters. The lowest BCUT2D eigenvalue weighted by molar-refractivity contribution is -0.240. The molecule has 0 saturated carbocycles. The monoisotopic (exact) mass is 581 g/mol. The Labute approximate surface area is 227 Å². The lowest BCUT2D eigenvalue weighted by Gasteiger charge is -2.36. The van der Waals surface area contributed by atoms with Gasteiger partial charge in [0.1, 0.15) is 12.4 Å². The highest BCUT2D eigenvalue weighted by Crippen LogP contribution is 2.46. The number of fused-ring (bicyclic) bond motifs is 1. The third-order valence-electron chi connectivity index (χ3n) is 6.42. The maximum Gasteiger partial charge on any atom is 0.324 e. The molecular weight excluding hydrogens is 557 g/mol. The highest BCUT2D eigenvalue weighted by molar-refractivity contribution is 9.10. The summed E-state index contributed by atoms with van der Waals surface area (Å²) in [4.78, 5) is 29.7. The van der Waals surface area contributed by atoms with E-state index in [9.17, 15) is 14.0 Å². The number of carbonyl (C=O) groups excluding carboxylic acids is 2. The van der Waals surface area contributed by atoms with Gasteiger partial charge in [-0.25, -0.2) is 4.39 Å². The minimum atomic E-state index is -1.36. The number of esters is 2. The fourth-order valence-corrected chi connectivity index (χ4v) is 5.25. The number of hydrogen-bond acceptors (Lipinski definition) is 6. The highest BCUT2D eigenvalue weighted by Gasteiger charge is 2.49. The van der Waals surface area contributed by atoms with Crippen LogP contribution in [-0.4, -0.2) is 29.8 Å². The molecule has 7 nitrogen and oxygen atoms in total. The van der Waals surface area contributed by atoms with E-state index in [4.69, 9.17) is 18.9 Å². The second kappa shape index (κ2) is 10.1. The molecule has 1 N–H and O–H groups in total. The second-order valence-electron chi connectivity index (χ2n) is 9.43. The summed E-state index contributed by atoms with van der Waals surface area (Å²) in [5.41, 5.74) is 2.97. The normalized spacial score (nSPS) is 16.1.